The van der Waals surface area contributed by atoms with Crippen molar-refractivity contribution in [2.24, 2.45) is 5.73 Å². The highest BCUT2D eigenvalue weighted by Gasteiger charge is 2.19. The van der Waals surface area contributed by atoms with Crippen LogP contribution in [0.4, 0.5) is 0 Å². The van der Waals surface area contributed by atoms with Crippen LogP contribution in [0.1, 0.15) is 35.3 Å². The molecule has 90 valence electrons. The Morgan fingerprint density at radius 2 is 2.38 bits per heavy atom. The van der Waals surface area contributed by atoms with Crippen LogP contribution >= 0.6 is 11.3 Å². The third kappa shape index (κ3) is 2.81. The van der Waals surface area contributed by atoms with Crippen LogP contribution in [-0.4, -0.2) is 29.5 Å². The largest absolute Gasteiger partial charge is 0.330 e. The van der Waals surface area contributed by atoms with Gasteiger partial charge in [0, 0.05) is 24.4 Å². The van der Waals surface area contributed by atoms with Gasteiger partial charge in [-0.25, -0.2) is 4.98 Å². The molecule has 0 aromatic carbocycles. The molecule has 1 aliphatic heterocycles. The number of thiazole rings is 1. The molecule has 0 unspecified atom stereocenters. The van der Waals surface area contributed by atoms with Gasteiger partial charge in [0.1, 0.15) is 0 Å². The lowest BCUT2D eigenvalue weighted by molar-refractivity contribution is 0.254. The van der Waals surface area contributed by atoms with E-state index in [4.69, 9.17) is 10.7 Å². The molecule has 2 rings (SSSR count). The van der Waals surface area contributed by atoms with Crippen LogP contribution in [0, 0.1) is 0 Å². The summed E-state index contributed by atoms with van der Waals surface area (Å²) in [5, 5.41) is 1.33. The smallest absolute Gasteiger partial charge is 0.0931 e. The molecule has 0 radical (unpaired) electrons. The van der Waals surface area contributed by atoms with E-state index >= 15 is 0 Å². The van der Waals surface area contributed by atoms with E-state index in [9.17, 15) is 0 Å². The van der Waals surface area contributed by atoms with Gasteiger partial charge in [0.2, 0.25) is 0 Å². The summed E-state index contributed by atoms with van der Waals surface area (Å²) in [5.41, 5.74) is 6.91. The fourth-order valence-electron chi connectivity index (χ4n) is 2.13. The lowest BCUT2D eigenvalue weighted by atomic mass is 10.1. The Kier molecular flexibility index (Phi) is 4.32. The SMILES string of the molecule is CCCc1nc2c(s1)CN(CCCN)CC2. The third-order valence-corrected chi connectivity index (χ3v) is 4.14. The highest BCUT2D eigenvalue weighted by molar-refractivity contribution is 7.11. The average molecular weight is 239 g/mol. The molecule has 1 aromatic rings. The van der Waals surface area contributed by atoms with Crippen LogP contribution in [0.25, 0.3) is 0 Å². The number of nitrogens with zero attached hydrogens (tertiary/aromatic N) is 2. The summed E-state index contributed by atoms with van der Waals surface area (Å²) in [5.74, 6) is 0. The van der Waals surface area contributed by atoms with Gasteiger partial charge in [-0.2, -0.15) is 0 Å². The maximum absolute atomic E-state index is 5.55. The fourth-order valence-corrected chi connectivity index (χ4v) is 3.39. The minimum absolute atomic E-state index is 0.799. The highest BCUT2D eigenvalue weighted by atomic mass is 32.1. The molecule has 0 bridgehead atoms. The van der Waals surface area contributed by atoms with Crippen LogP contribution in [-0.2, 0) is 19.4 Å². The second-order valence-corrected chi connectivity index (χ2v) is 5.56. The quantitative estimate of drug-likeness (QED) is 0.852. The predicted molar refractivity (Wildman–Crippen MR) is 68.8 cm³/mol. The van der Waals surface area contributed by atoms with Crippen LogP contribution < -0.4 is 5.73 Å². The van der Waals surface area contributed by atoms with Gasteiger partial charge in [0.25, 0.3) is 0 Å². The van der Waals surface area contributed by atoms with Gasteiger partial charge in [-0.1, -0.05) is 6.92 Å². The van der Waals surface area contributed by atoms with Crippen molar-refractivity contribution in [3.63, 3.8) is 0 Å². The Hall–Kier alpha value is -0.450. The van der Waals surface area contributed by atoms with Crippen molar-refractivity contribution in [1.82, 2.24) is 9.88 Å². The van der Waals surface area contributed by atoms with Crippen LogP contribution in [0.5, 0.6) is 0 Å². The van der Waals surface area contributed by atoms with Crippen molar-refractivity contribution >= 4 is 11.3 Å². The number of rotatable bonds is 5. The highest BCUT2D eigenvalue weighted by Crippen LogP contribution is 2.25. The topological polar surface area (TPSA) is 42.2 Å². The standard InChI is InChI=1S/C12H21N3S/c1-2-4-12-14-10-5-8-15(7-3-6-13)9-11(10)16-12/h2-9,13H2,1H3. The van der Waals surface area contributed by atoms with Gasteiger partial charge in [0.05, 0.1) is 10.7 Å². The summed E-state index contributed by atoms with van der Waals surface area (Å²) in [6, 6.07) is 0. The van der Waals surface area contributed by atoms with Crippen molar-refractivity contribution in [3.05, 3.63) is 15.6 Å². The molecule has 3 nitrogen and oxygen atoms in total. The van der Waals surface area contributed by atoms with E-state index in [2.05, 4.69) is 11.8 Å². The first-order valence-corrected chi connectivity index (χ1v) is 7.05. The van der Waals surface area contributed by atoms with E-state index in [1.807, 2.05) is 11.3 Å². The summed E-state index contributed by atoms with van der Waals surface area (Å²) in [6.07, 6.45) is 4.57. The summed E-state index contributed by atoms with van der Waals surface area (Å²) >= 11 is 1.91. The number of nitrogens with two attached hydrogens (primary N) is 1. The third-order valence-electron chi connectivity index (χ3n) is 3.00. The van der Waals surface area contributed by atoms with Gasteiger partial charge in [-0.15, -0.1) is 11.3 Å². The molecule has 0 saturated heterocycles. The number of aromatic nitrogens is 1. The average Bonchev–Trinajstić information content (AvgIpc) is 2.68. The molecular formula is C12H21N3S. The molecule has 1 aliphatic rings. The molecule has 16 heavy (non-hydrogen) atoms. The zero-order chi connectivity index (χ0) is 11.4. The van der Waals surface area contributed by atoms with Gasteiger partial charge in [-0.3, -0.25) is 4.90 Å². The summed E-state index contributed by atoms with van der Waals surface area (Å²) in [6.45, 7) is 6.40. The molecule has 2 heterocycles. The number of fused-ring (bicyclic) bond motifs is 1. The minimum Gasteiger partial charge on any atom is -0.330 e. The van der Waals surface area contributed by atoms with Crippen molar-refractivity contribution in [1.29, 1.82) is 0 Å². The van der Waals surface area contributed by atoms with E-state index < -0.39 is 0 Å². The lowest BCUT2D eigenvalue weighted by Crippen LogP contribution is -2.31. The Balaban J connectivity index is 1.97. The van der Waals surface area contributed by atoms with Crippen molar-refractivity contribution in [2.45, 2.75) is 39.2 Å². The maximum Gasteiger partial charge on any atom is 0.0931 e. The van der Waals surface area contributed by atoms with E-state index in [0.29, 0.717) is 0 Å². The number of hydrogen-bond donors (Lipinski definition) is 1. The minimum atomic E-state index is 0.799. The molecule has 0 aliphatic carbocycles. The molecule has 2 N–H and O–H groups in total. The van der Waals surface area contributed by atoms with Crippen LogP contribution in [0.3, 0.4) is 0 Å². The van der Waals surface area contributed by atoms with Gasteiger partial charge < -0.3 is 5.73 Å². The number of aryl methyl sites for hydroxylation is 1. The first-order valence-electron chi connectivity index (χ1n) is 6.23. The summed E-state index contributed by atoms with van der Waals surface area (Å²) in [4.78, 5) is 8.72. The first kappa shape index (κ1) is 12.0. The zero-order valence-electron chi connectivity index (χ0n) is 10.0. The Morgan fingerprint density at radius 1 is 1.50 bits per heavy atom. The molecule has 0 fully saturated rings. The Labute approximate surface area is 102 Å². The normalized spacial score (nSPS) is 16.4. The Bertz CT molecular complexity index is 335. The fraction of sp³-hybridized carbons (Fsp3) is 0.750. The molecule has 0 atom stereocenters. The lowest BCUT2D eigenvalue weighted by Gasteiger charge is -2.25. The summed E-state index contributed by atoms with van der Waals surface area (Å²) in [7, 11) is 0. The second kappa shape index (κ2) is 5.75. The number of hydrogen-bond acceptors (Lipinski definition) is 4. The van der Waals surface area contributed by atoms with E-state index in [1.54, 1.807) is 0 Å². The zero-order valence-corrected chi connectivity index (χ0v) is 10.9. The van der Waals surface area contributed by atoms with E-state index in [-0.39, 0.29) is 0 Å². The van der Waals surface area contributed by atoms with Gasteiger partial charge in [0.15, 0.2) is 0 Å². The van der Waals surface area contributed by atoms with Crippen LogP contribution in [0.2, 0.25) is 0 Å². The van der Waals surface area contributed by atoms with E-state index in [0.717, 1.165) is 45.4 Å². The van der Waals surface area contributed by atoms with Crippen molar-refractivity contribution < 1.29 is 0 Å². The van der Waals surface area contributed by atoms with Crippen LogP contribution in [0.15, 0.2) is 0 Å². The van der Waals surface area contributed by atoms with Gasteiger partial charge in [-0.05, 0) is 32.4 Å². The summed E-state index contributed by atoms with van der Waals surface area (Å²) < 4.78 is 0. The maximum atomic E-state index is 5.55. The molecule has 4 heteroatoms. The molecular weight excluding hydrogens is 218 g/mol. The molecule has 0 saturated carbocycles. The van der Waals surface area contributed by atoms with Gasteiger partial charge >= 0.3 is 0 Å². The first-order chi connectivity index (χ1) is 7.83. The second-order valence-electron chi connectivity index (χ2n) is 4.40. The Morgan fingerprint density at radius 3 is 3.12 bits per heavy atom. The predicted octanol–water partition coefficient (Wildman–Crippen LogP) is 1.80. The molecule has 1 aromatic heterocycles. The molecule has 0 amide bonds. The molecule has 0 spiro atoms. The van der Waals surface area contributed by atoms with E-state index in [1.165, 1.54) is 22.0 Å². The van der Waals surface area contributed by atoms with Crippen molar-refractivity contribution in [2.75, 3.05) is 19.6 Å². The monoisotopic (exact) mass is 239 g/mol. The van der Waals surface area contributed by atoms with Crippen molar-refractivity contribution in [3.8, 4) is 0 Å².